The second-order valence-corrected chi connectivity index (χ2v) is 10.9. The van der Waals surface area contributed by atoms with Gasteiger partial charge in [-0.15, -0.1) is 11.3 Å². The monoisotopic (exact) mass is 564 g/mol. The number of hydrogen-bond donors (Lipinski definition) is 1. The summed E-state index contributed by atoms with van der Waals surface area (Å²) >= 11 is 1.32. The average molecular weight is 565 g/mol. The van der Waals surface area contributed by atoms with E-state index >= 15 is 0 Å². The molecule has 0 radical (unpaired) electrons. The van der Waals surface area contributed by atoms with Gasteiger partial charge in [0.2, 0.25) is 0 Å². The van der Waals surface area contributed by atoms with Crippen molar-refractivity contribution in [1.29, 1.82) is 0 Å². The first-order chi connectivity index (χ1) is 19.3. The summed E-state index contributed by atoms with van der Waals surface area (Å²) in [5, 5.41) is 15.3. The normalized spacial score (nSPS) is 16.4. The number of alkyl halides is 2. The Hall–Kier alpha value is -3.66. The summed E-state index contributed by atoms with van der Waals surface area (Å²) < 4.78 is 58.7. The van der Waals surface area contributed by atoms with Crippen LogP contribution in [0.3, 0.4) is 0 Å². The molecule has 1 unspecified atom stereocenters. The highest BCUT2D eigenvalue weighted by Crippen LogP contribution is 2.51. The molecule has 1 aliphatic heterocycles. The van der Waals surface area contributed by atoms with E-state index in [1.807, 2.05) is 28.9 Å². The highest BCUT2D eigenvalue weighted by molar-refractivity contribution is 7.23. The van der Waals surface area contributed by atoms with E-state index in [0.29, 0.717) is 23.0 Å². The molecule has 1 saturated heterocycles. The molecule has 0 spiro atoms. The second-order valence-electron chi connectivity index (χ2n) is 9.88. The van der Waals surface area contributed by atoms with E-state index in [9.17, 15) is 13.2 Å². The van der Waals surface area contributed by atoms with Crippen LogP contribution in [0.2, 0.25) is 0 Å². The molecule has 5 nitrogen and oxygen atoms in total. The van der Waals surface area contributed by atoms with E-state index in [1.165, 1.54) is 23.5 Å². The van der Waals surface area contributed by atoms with Gasteiger partial charge < -0.3 is 14.6 Å². The molecule has 0 bridgehead atoms. The molecular weight excluding hydrogens is 537 g/mol. The number of fused-ring (bicyclic) bond motifs is 3. The van der Waals surface area contributed by atoms with Gasteiger partial charge in [-0.2, -0.15) is 5.10 Å². The van der Waals surface area contributed by atoms with Crippen molar-refractivity contribution in [3.63, 3.8) is 0 Å². The van der Waals surface area contributed by atoms with Crippen LogP contribution in [0.4, 0.5) is 13.2 Å². The van der Waals surface area contributed by atoms with Crippen LogP contribution >= 0.6 is 11.3 Å². The lowest BCUT2D eigenvalue weighted by Crippen LogP contribution is -2.18. The number of ether oxygens (including phenoxy) is 2. The van der Waals surface area contributed by atoms with Crippen LogP contribution in [-0.2, 0) is 10.7 Å². The van der Waals surface area contributed by atoms with E-state index in [-0.39, 0.29) is 18.4 Å². The lowest BCUT2D eigenvalue weighted by Gasteiger charge is -2.23. The lowest BCUT2D eigenvalue weighted by molar-refractivity contribution is -0.0366. The van der Waals surface area contributed by atoms with Crippen LogP contribution < -0.4 is 4.74 Å². The van der Waals surface area contributed by atoms with Crippen molar-refractivity contribution in [2.45, 2.75) is 38.3 Å². The third kappa shape index (κ3) is 5.00. The fourth-order valence-corrected chi connectivity index (χ4v) is 6.39. The van der Waals surface area contributed by atoms with E-state index < -0.39 is 17.3 Å². The number of aliphatic hydroxyl groups excluding tert-OH is 1. The maximum atomic E-state index is 14.7. The van der Waals surface area contributed by atoms with Gasteiger partial charge >= 0.3 is 0 Å². The number of hydrogen-bond acceptors (Lipinski definition) is 5. The maximum absolute atomic E-state index is 14.7. The van der Waals surface area contributed by atoms with Crippen LogP contribution in [0.25, 0.3) is 37.5 Å². The van der Waals surface area contributed by atoms with Gasteiger partial charge in [0.1, 0.15) is 11.6 Å². The quantitative estimate of drug-likeness (QED) is 0.215. The molecule has 2 aromatic heterocycles. The average Bonchev–Trinajstić information content (AvgIpc) is 3.54. The third-order valence-corrected chi connectivity index (χ3v) is 8.28. The van der Waals surface area contributed by atoms with Crippen molar-refractivity contribution >= 4 is 38.4 Å². The number of benzene rings is 3. The van der Waals surface area contributed by atoms with Gasteiger partial charge in [-0.1, -0.05) is 30.4 Å². The Balaban J connectivity index is 1.53. The zero-order chi connectivity index (χ0) is 27.9. The number of thiophene rings is 1. The largest absolute Gasteiger partial charge is 0.455 e. The number of nitrogens with zero attached hydrogens (tertiary/aromatic N) is 2. The van der Waals surface area contributed by atoms with Crippen molar-refractivity contribution in [1.82, 2.24) is 9.78 Å². The molecule has 3 heterocycles. The molecular formula is C31H27F3N2O3S. The predicted molar refractivity (Wildman–Crippen MR) is 152 cm³/mol. The number of aromatic nitrogens is 2. The fraction of sp³-hybridized carbons (Fsp3) is 0.258. The van der Waals surface area contributed by atoms with E-state index in [4.69, 9.17) is 14.6 Å². The fourth-order valence-electron chi connectivity index (χ4n) is 5.11. The van der Waals surface area contributed by atoms with Gasteiger partial charge in [0.25, 0.3) is 5.92 Å². The van der Waals surface area contributed by atoms with Crippen LogP contribution in [0.5, 0.6) is 11.5 Å². The summed E-state index contributed by atoms with van der Waals surface area (Å²) in [6.07, 6.45) is 7.99. The summed E-state index contributed by atoms with van der Waals surface area (Å²) in [6.45, 7) is 1.38. The van der Waals surface area contributed by atoms with E-state index in [2.05, 4.69) is 5.10 Å². The summed E-state index contributed by atoms with van der Waals surface area (Å²) in [5.74, 6) is -3.07. The second kappa shape index (κ2) is 10.7. The highest BCUT2D eigenvalue weighted by atomic mass is 32.1. The lowest BCUT2D eigenvalue weighted by atomic mass is 10.00. The summed E-state index contributed by atoms with van der Waals surface area (Å²) in [5.41, 5.74) is 1.57. The van der Waals surface area contributed by atoms with Crippen LogP contribution in [0.15, 0.2) is 66.9 Å². The van der Waals surface area contributed by atoms with Crippen molar-refractivity contribution < 1.29 is 27.8 Å². The molecule has 3 aromatic carbocycles. The molecule has 0 saturated carbocycles. The SMILES string of the molecule is CC(F)(F)c1cc(F)ccc1-c1sc2c(ccc3c2cnn3C2CCCCO2)c1Oc1ccc(/C=C/CO)cc1. The Morgan fingerprint density at radius 1 is 1.12 bits per heavy atom. The van der Waals surface area contributed by atoms with Gasteiger partial charge in [0.15, 0.2) is 12.0 Å². The minimum atomic E-state index is -3.27. The number of aliphatic hydroxyl groups is 1. The van der Waals surface area contributed by atoms with E-state index in [1.54, 1.807) is 30.5 Å². The standard InChI is InChI=1S/C31H27F3N2O3S/c1-31(33,34)25-17-20(32)9-12-22(25)30-28(39-21-10-7-19(8-11-21)5-4-15-37)23-13-14-26-24(29(23)40-30)18-35-36(26)27-6-2-3-16-38-27/h4-5,7-14,17-18,27,37H,2-3,6,15-16H2,1H3/b5-4+. The van der Waals surface area contributed by atoms with Crippen LogP contribution in [0, 0.1) is 5.82 Å². The minimum absolute atomic E-state index is 0.0670. The molecule has 206 valence electrons. The Kier molecular flexibility index (Phi) is 7.12. The zero-order valence-corrected chi connectivity index (χ0v) is 22.6. The first-order valence-corrected chi connectivity index (χ1v) is 13.9. The summed E-state index contributed by atoms with van der Waals surface area (Å²) in [4.78, 5) is 0.477. The topological polar surface area (TPSA) is 56.5 Å². The van der Waals surface area contributed by atoms with E-state index in [0.717, 1.165) is 58.8 Å². The first-order valence-electron chi connectivity index (χ1n) is 13.1. The molecule has 40 heavy (non-hydrogen) atoms. The van der Waals surface area contributed by atoms with Crippen LogP contribution in [-0.4, -0.2) is 28.1 Å². The molecule has 5 aromatic rings. The number of halogens is 3. The number of rotatable bonds is 7. The van der Waals surface area contributed by atoms with Crippen molar-refractivity contribution in [2.75, 3.05) is 13.2 Å². The highest BCUT2D eigenvalue weighted by Gasteiger charge is 2.31. The molecule has 0 aliphatic carbocycles. The first kappa shape index (κ1) is 26.6. The van der Waals surface area contributed by atoms with Gasteiger partial charge in [-0.05, 0) is 61.2 Å². The molecule has 1 N–H and O–H groups in total. The molecule has 1 fully saturated rings. The molecule has 1 atom stereocenters. The molecule has 6 rings (SSSR count). The predicted octanol–water partition coefficient (Wildman–Crippen LogP) is 8.67. The molecule has 1 aliphatic rings. The maximum Gasteiger partial charge on any atom is 0.271 e. The third-order valence-electron chi connectivity index (χ3n) is 7.03. The smallest absolute Gasteiger partial charge is 0.271 e. The van der Waals surface area contributed by atoms with Gasteiger partial charge in [-0.25, -0.2) is 17.9 Å². The minimum Gasteiger partial charge on any atom is -0.455 e. The summed E-state index contributed by atoms with van der Waals surface area (Å²) in [7, 11) is 0. The molecule has 0 amide bonds. The zero-order valence-electron chi connectivity index (χ0n) is 21.7. The Morgan fingerprint density at radius 2 is 1.95 bits per heavy atom. The Labute approximate surface area is 233 Å². The van der Waals surface area contributed by atoms with Gasteiger partial charge in [-0.3, -0.25) is 0 Å². The van der Waals surface area contributed by atoms with Crippen molar-refractivity contribution in [3.8, 4) is 21.9 Å². The van der Waals surface area contributed by atoms with Crippen molar-refractivity contribution in [2.24, 2.45) is 0 Å². The Bertz CT molecular complexity index is 1700. The molecule has 9 heteroatoms. The Morgan fingerprint density at radius 3 is 2.67 bits per heavy atom. The van der Waals surface area contributed by atoms with Crippen LogP contribution in [0.1, 0.15) is 43.5 Å². The summed E-state index contributed by atoms with van der Waals surface area (Å²) in [6, 6.07) is 14.6. The van der Waals surface area contributed by atoms with Crippen molar-refractivity contribution in [3.05, 3.63) is 83.8 Å². The van der Waals surface area contributed by atoms with Gasteiger partial charge in [0, 0.05) is 40.1 Å². The van der Waals surface area contributed by atoms with Gasteiger partial charge in [0.05, 0.1) is 23.2 Å².